The second-order valence-corrected chi connectivity index (χ2v) is 5.09. The molecular formula is C17H23N3. The Bertz CT molecular complexity index is 578. The Balaban J connectivity index is 2.41. The number of pyridine rings is 1. The maximum Gasteiger partial charge on any atom is 0.133 e. The fraction of sp³-hybridized carbons (Fsp3) is 0.353. The van der Waals surface area contributed by atoms with Gasteiger partial charge in [0.25, 0.3) is 0 Å². The van der Waals surface area contributed by atoms with Crippen molar-refractivity contribution < 1.29 is 0 Å². The average molecular weight is 269 g/mol. The molecule has 0 aliphatic heterocycles. The summed E-state index contributed by atoms with van der Waals surface area (Å²) in [7, 11) is 1.97. The minimum Gasteiger partial charge on any atom is -0.327 e. The lowest BCUT2D eigenvalue weighted by atomic mass is 10.2. The predicted octanol–water partition coefficient (Wildman–Crippen LogP) is 3.58. The SMILES string of the molecule is CCN(c1cccc(C)c1)c1cc(CNC)cc(C)n1. The summed E-state index contributed by atoms with van der Waals surface area (Å²) in [5.41, 5.74) is 4.78. The molecule has 1 heterocycles. The Morgan fingerprint density at radius 1 is 1.15 bits per heavy atom. The molecule has 3 nitrogen and oxygen atoms in total. The fourth-order valence-electron chi connectivity index (χ4n) is 2.44. The van der Waals surface area contributed by atoms with Gasteiger partial charge in [0.1, 0.15) is 5.82 Å². The minimum absolute atomic E-state index is 0.863. The van der Waals surface area contributed by atoms with Crippen molar-refractivity contribution in [1.29, 1.82) is 0 Å². The highest BCUT2D eigenvalue weighted by Gasteiger charge is 2.10. The largest absolute Gasteiger partial charge is 0.327 e. The molecule has 1 N–H and O–H groups in total. The standard InChI is InChI=1S/C17H23N3/c1-5-20(16-8-6-7-13(2)9-16)17-11-15(12-18-4)10-14(3)19-17/h6-11,18H,5,12H2,1-4H3. The third-order valence-electron chi connectivity index (χ3n) is 3.29. The van der Waals surface area contributed by atoms with E-state index in [1.165, 1.54) is 16.8 Å². The van der Waals surface area contributed by atoms with Crippen LogP contribution in [0.3, 0.4) is 0 Å². The first-order chi connectivity index (χ1) is 9.63. The van der Waals surface area contributed by atoms with Gasteiger partial charge in [-0.2, -0.15) is 0 Å². The second-order valence-electron chi connectivity index (χ2n) is 5.09. The number of rotatable bonds is 5. The van der Waals surface area contributed by atoms with Crippen LogP contribution in [-0.4, -0.2) is 18.6 Å². The quantitative estimate of drug-likeness (QED) is 0.899. The molecule has 0 saturated carbocycles. The molecule has 2 rings (SSSR count). The molecule has 1 aromatic heterocycles. The Hall–Kier alpha value is -1.87. The molecule has 0 unspecified atom stereocenters. The molecule has 0 saturated heterocycles. The van der Waals surface area contributed by atoms with E-state index in [4.69, 9.17) is 4.98 Å². The summed E-state index contributed by atoms with van der Waals surface area (Å²) < 4.78 is 0. The number of aryl methyl sites for hydroxylation is 2. The smallest absolute Gasteiger partial charge is 0.133 e. The molecule has 0 aliphatic rings. The van der Waals surface area contributed by atoms with Gasteiger partial charge in [-0.15, -0.1) is 0 Å². The number of hydrogen-bond acceptors (Lipinski definition) is 3. The van der Waals surface area contributed by atoms with Gasteiger partial charge in [0.05, 0.1) is 0 Å². The number of nitrogens with one attached hydrogen (secondary N) is 1. The van der Waals surface area contributed by atoms with Crippen molar-refractivity contribution >= 4 is 11.5 Å². The highest BCUT2D eigenvalue weighted by atomic mass is 15.2. The van der Waals surface area contributed by atoms with Gasteiger partial charge in [-0.3, -0.25) is 0 Å². The van der Waals surface area contributed by atoms with Crippen LogP contribution in [0.25, 0.3) is 0 Å². The van der Waals surface area contributed by atoms with Crippen molar-refractivity contribution in [1.82, 2.24) is 10.3 Å². The number of hydrogen-bond donors (Lipinski definition) is 1. The Labute approximate surface area is 121 Å². The molecule has 106 valence electrons. The van der Waals surface area contributed by atoms with E-state index >= 15 is 0 Å². The summed E-state index contributed by atoms with van der Waals surface area (Å²) in [5, 5.41) is 3.20. The maximum absolute atomic E-state index is 4.69. The molecule has 0 radical (unpaired) electrons. The van der Waals surface area contributed by atoms with Crippen LogP contribution in [0.15, 0.2) is 36.4 Å². The zero-order valence-corrected chi connectivity index (χ0v) is 12.8. The number of nitrogens with zero attached hydrogens (tertiary/aromatic N) is 2. The second kappa shape index (κ2) is 6.53. The highest BCUT2D eigenvalue weighted by Crippen LogP contribution is 2.25. The van der Waals surface area contributed by atoms with Crippen LogP contribution < -0.4 is 10.2 Å². The number of anilines is 2. The molecule has 2 aromatic rings. The van der Waals surface area contributed by atoms with Crippen LogP contribution in [0.5, 0.6) is 0 Å². The van der Waals surface area contributed by atoms with Gasteiger partial charge in [-0.25, -0.2) is 4.98 Å². The van der Waals surface area contributed by atoms with E-state index < -0.39 is 0 Å². The summed E-state index contributed by atoms with van der Waals surface area (Å²) in [5.74, 6) is 1.02. The summed E-state index contributed by atoms with van der Waals surface area (Å²) >= 11 is 0. The van der Waals surface area contributed by atoms with Gasteiger partial charge < -0.3 is 10.2 Å². The lowest BCUT2D eigenvalue weighted by Gasteiger charge is -2.23. The molecule has 20 heavy (non-hydrogen) atoms. The third-order valence-corrected chi connectivity index (χ3v) is 3.29. The van der Waals surface area contributed by atoms with Gasteiger partial charge >= 0.3 is 0 Å². The minimum atomic E-state index is 0.863. The summed E-state index contributed by atoms with van der Waals surface area (Å²) in [4.78, 5) is 6.94. The molecule has 0 spiro atoms. The molecule has 1 aromatic carbocycles. The fourth-order valence-corrected chi connectivity index (χ4v) is 2.44. The molecule has 0 atom stereocenters. The molecule has 3 heteroatoms. The summed E-state index contributed by atoms with van der Waals surface area (Å²) in [6, 6.07) is 12.8. The van der Waals surface area contributed by atoms with Gasteiger partial charge in [0.2, 0.25) is 0 Å². The molecule has 0 amide bonds. The van der Waals surface area contributed by atoms with E-state index in [1.807, 2.05) is 14.0 Å². The van der Waals surface area contributed by atoms with E-state index in [2.05, 4.69) is 60.5 Å². The van der Waals surface area contributed by atoms with Crippen molar-refractivity contribution in [2.45, 2.75) is 27.3 Å². The monoisotopic (exact) mass is 269 g/mol. The van der Waals surface area contributed by atoms with E-state index in [0.717, 1.165) is 24.6 Å². The van der Waals surface area contributed by atoms with Crippen LogP contribution in [0.1, 0.15) is 23.7 Å². The van der Waals surface area contributed by atoms with Crippen LogP contribution in [0.2, 0.25) is 0 Å². The number of benzene rings is 1. The highest BCUT2D eigenvalue weighted by molar-refractivity contribution is 5.61. The van der Waals surface area contributed by atoms with Crippen molar-refractivity contribution in [2.24, 2.45) is 0 Å². The zero-order chi connectivity index (χ0) is 14.5. The third kappa shape index (κ3) is 3.36. The topological polar surface area (TPSA) is 28.2 Å². The summed E-state index contributed by atoms with van der Waals surface area (Å²) in [6.45, 7) is 8.09. The summed E-state index contributed by atoms with van der Waals surface area (Å²) in [6.07, 6.45) is 0. The van der Waals surface area contributed by atoms with Crippen LogP contribution in [0.4, 0.5) is 11.5 Å². The van der Waals surface area contributed by atoms with Crippen LogP contribution in [0, 0.1) is 13.8 Å². The maximum atomic E-state index is 4.69. The molecule has 0 aliphatic carbocycles. The van der Waals surface area contributed by atoms with Gasteiger partial charge in [-0.05, 0) is 63.2 Å². The first-order valence-corrected chi connectivity index (χ1v) is 7.10. The normalized spacial score (nSPS) is 10.6. The first-order valence-electron chi connectivity index (χ1n) is 7.10. The lowest BCUT2D eigenvalue weighted by Crippen LogP contribution is -2.18. The molecule has 0 fully saturated rings. The van der Waals surface area contributed by atoms with Crippen molar-refractivity contribution in [3.8, 4) is 0 Å². The van der Waals surface area contributed by atoms with Crippen LogP contribution in [-0.2, 0) is 6.54 Å². The van der Waals surface area contributed by atoms with Gasteiger partial charge in [-0.1, -0.05) is 12.1 Å². The van der Waals surface area contributed by atoms with Crippen LogP contribution >= 0.6 is 0 Å². The first kappa shape index (κ1) is 14.5. The van der Waals surface area contributed by atoms with Crippen molar-refractivity contribution in [3.05, 3.63) is 53.2 Å². The van der Waals surface area contributed by atoms with Crippen molar-refractivity contribution in [2.75, 3.05) is 18.5 Å². The molecule has 0 bridgehead atoms. The van der Waals surface area contributed by atoms with E-state index in [-0.39, 0.29) is 0 Å². The number of aromatic nitrogens is 1. The van der Waals surface area contributed by atoms with Gasteiger partial charge in [0.15, 0.2) is 0 Å². The average Bonchev–Trinajstić information content (AvgIpc) is 2.39. The van der Waals surface area contributed by atoms with E-state index in [9.17, 15) is 0 Å². The Morgan fingerprint density at radius 2 is 1.95 bits per heavy atom. The Morgan fingerprint density at radius 3 is 2.60 bits per heavy atom. The predicted molar refractivity (Wildman–Crippen MR) is 85.6 cm³/mol. The Kier molecular flexibility index (Phi) is 4.74. The van der Waals surface area contributed by atoms with Gasteiger partial charge in [0, 0.05) is 24.5 Å². The van der Waals surface area contributed by atoms with E-state index in [0.29, 0.717) is 0 Å². The van der Waals surface area contributed by atoms with E-state index in [1.54, 1.807) is 0 Å². The molecular weight excluding hydrogens is 246 g/mol. The van der Waals surface area contributed by atoms with Crippen molar-refractivity contribution in [3.63, 3.8) is 0 Å². The zero-order valence-electron chi connectivity index (χ0n) is 12.8. The lowest BCUT2D eigenvalue weighted by molar-refractivity contribution is 0.812.